The molecular formula is C15H21NO2. The van der Waals surface area contributed by atoms with Gasteiger partial charge in [-0.25, -0.2) is 4.79 Å². The van der Waals surface area contributed by atoms with Gasteiger partial charge in [-0.2, -0.15) is 0 Å². The molecule has 0 amide bonds. The minimum absolute atomic E-state index is 0.140. The third-order valence-electron chi connectivity index (χ3n) is 3.99. The number of hydrogen-bond donors (Lipinski definition) is 1. The van der Waals surface area contributed by atoms with E-state index in [4.69, 9.17) is 4.74 Å². The zero-order chi connectivity index (χ0) is 13.0. The molecule has 1 aromatic rings. The fourth-order valence-electron chi connectivity index (χ4n) is 2.85. The SMILES string of the molecule is COC(=O)C1(Nc2ccccc2)CCCCC1C. The predicted molar refractivity (Wildman–Crippen MR) is 72.4 cm³/mol. The molecule has 3 heteroatoms. The van der Waals surface area contributed by atoms with Crippen molar-refractivity contribution in [3.63, 3.8) is 0 Å². The molecule has 98 valence electrons. The van der Waals surface area contributed by atoms with Crippen molar-refractivity contribution < 1.29 is 9.53 Å². The van der Waals surface area contributed by atoms with Crippen LogP contribution in [-0.2, 0) is 9.53 Å². The first-order valence-electron chi connectivity index (χ1n) is 6.61. The minimum atomic E-state index is -0.561. The van der Waals surface area contributed by atoms with Crippen molar-refractivity contribution in [1.29, 1.82) is 0 Å². The van der Waals surface area contributed by atoms with Gasteiger partial charge >= 0.3 is 5.97 Å². The van der Waals surface area contributed by atoms with E-state index in [1.54, 1.807) is 0 Å². The average molecular weight is 247 g/mol. The van der Waals surface area contributed by atoms with Crippen LogP contribution < -0.4 is 5.32 Å². The summed E-state index contributed by atoms with van der Waals surface area (Å²) in [6, 6.07) is 9.90. The Morgan fingerprint density at radius 2 is 2.06 bits per heavy atom. The number of anilines is 1. The molecule has 3 nitrogen and oxygen atoms in total. The number of hydrogen-bond acceptors (Lipinski definition) is 3. The maximum absolute atomic E-state index is 12.2. The first-order chi connectivity index (χ1) is 8.69. The Bertz CT molecular complexity index is 404. The van der Waals surface area contributed by atoms with E-state index in [1.165, 1.54) is 13.5 Å². The summed E-state index contributed by atoms with van der Waals surface area (Å²) in [7, 11) is 1.47. The van der Waals surface area contributed by atoms with Gasteiger partial charge in [0.2, 0.25) is 0 Å². The molecule has 0 heterocycles. The summed E-state index contributed by atoms with van der Waals surface area (Å²) in [5.41, 5.74) is 0.422. The highest BCUT2D eigenvalue weighted by Gasteiger charge is 2.45. The summed E-state index contributed by atoms with van der Waals surface area (Å²) in [5.74, 6) is 0.150. The number of carbonyl (C=O) groups is 1. The third-order valence-corrected chi connectivity index (χ3v) is 3.99. The minimum Gasteiger partial charge on any atom is -0.467 e. The normalized spacial score (nSPS) is 27.6. The molecule has 1 saturated carbocycles. The van der Waals surface area contributed by atoms with Gasteiger partial charge in [0, 0.05) is 5.69 Å². The summed E-state index contributed by atoms with van der Waals surface area (Å²) in [4.78, 5) is 12.2. The van der Waals surface area contributed by atoms with Crippen molar-refractivity contribution in [2.75, 3.05) is 12.4 Å². The molecule has 1 aromatic carbocycles. The van der Waals surface area contributed by atoms with Gasteiger partial charge in [0.1, 0.15) is 5.54 Å². The number of esters is 1. The van der Waals surface area contributed by atoms with Crippen molar-refractivity contribution in [2.24, 2.45) is 5.92 Å². The largest absolute Gasteiger partial charge is 0.467 e. The average Bonchev–Trinajstić information content (AvgIpc) is 2.41. The van der Waals surface area contributed by atoms with Crippen molar-refractivity contribution >= 4 is 11.7 Å². The Kier molecular flexibility index (Phi) is 3.90. The molecule has 1 N–H and O–H groups in total. The topological polar surface area (TPSA) is 38.3 Å². The molecule has 1 aliphatic carbocycles. The zero-order valence-electron chi connectivity index (χ0n) is 11.1. The molecule has 2 rings (SSSR count). The molecule has 0 spiro atoms. The number of carbonyl (C=O) groups excluding carboxylic acids is 1. The Labute approximate surface area is 109 Å². The van der Waals surface area contributed by atoms with Crippen molar-refractivity contribution in [3.8, 4) is 0 Å². The number of para-hydroxylation sites is 1. The van der Waals surface area contributed by atoms with Crippen LogP contribution in [0.5, 0.6) is 0 Å². The molecular weight excluding hydrogens is 226 g/mol. The Balaban J connectivity index is 2.27. The zero-order valence-corrected chi connectivity index (χ0v) is 11.1. The standard InChI is InChI=1S/C15H21NO2/c1-12-8-6-7-11-15(12,14(17)18-2)16-13-9-4-3-5-10-13/h3-5,9-10,12,16H,6-8,11H2,1-2H3. The third kappa shape index (κ3) is 2.35. The second-order valence-electron chi connectivity index (χ2n) is 5.10. The van der Waals surface area contributed by atoms with Gasteiger partial charge < -0.3 is 10.1 Å². The second kappa shape index (κ2) is 5.42. The summed E-state index contributed by atoms with van der Waals surface area (Å²) < 4.78 is 5.03. The fourth-order valence-corrected chi connectivity index (χ4v) is 2.85. The lowest BCUT2D eigenvalue weighted by molar-refractivity contribution is -0.149. The predicted octanol–water partition coefficient (Wildman–Crippen LogP) is 3.22. The van der Waals surface area contributed by atoms with E-state index in [0.29, 0.717) is 5.92 Å². The van der Waals surface area contributed by atoms with E-state index in [1.807, 2.05) is 30.3 Å². The first kappa shape index (κ1) is 12.9. The highest BCUT2D eigenvalue weighted by molar-refractivity contribution is 5.85. The summed E-state index contributed by atoms with van der Waals surface area (Å²) in [6.07, 6.45) is 4.17. The summed E-state index contributed by atoms with van der Waals surface area (Å²) >= 11 is 0. The first-order valence-corrected chi connectivity index (χ1v) is 6.61. The molecule has 18 heavy (non-hydrogen) atoms. The van der Waals surface area contributed by atoms with Crippen LogP contribution in [0.25, 0.3) is 0 Å². The van der Waals surface area contributed by atoms with Crippen molar-refractivity contribution in [2.45, 2.75) is 38.1 Å². The maximum atomic E-state index is 12.2. The number of methoxy groups -OCH3 is 1. The van der Waals surface area contributed by atoms with Gasteiger partial charge in [-0.3, -0.25) is 0 Å². The monoisotopic (exact) mass is 247 g/mol. The highest BCUT2D eigenvalue weighted by Crippen LogP contribution is 2.37. The van der Waals surface area contributed by atoms with E-state index in [-0.39, 0.29) is 5.97 Å². The van der Waals surface area contributed by atoms with Crippen LogP contribution in [0.4, 0.5) is 5.69 Å². The second-order valence-corrected chi connectivity index (χ2v) is 5.10. The number of rotatable bonds is 3. The van der Waals surface area contributed by atoms with Crippen LogP contribution in [0, 0.1) is 5.92 Å². The van der Waals surface area contributed by atoms with Crippen molar-refractivity contribution in [3.05, 3.63) is 30.3 Å². The fraction of sp³-hybridized carbons (Fsp3) is 0.533. The lowest BCUT2D eigenvalue weighted by Gasteiger charge is -2.41. The van der Waals surface area contributed by atoms with Gasteiger partial charge in [-0.1, -0.05) is 38.0 Å². The van der Waals surface area contributed by atoms with Gasteiger partial charge in [-0.05, 0) is 30.9 Å². The Morgan fingerprint density at radius 1 is 1.33 bits per heavy atom. The van der Waals surface area contributed by atoms with Crippen LogP contribution in [0.2, 0.25) is 0 Å². The Morgan fingerprint density at radius 3 is 2.67 bits per heavy atom. The summed E-state index contributed by atoms with van der Waals surface area (Å²) in [6.45, 7) is 2.13. The van der Waals surface area contributed by atoms with Crippen LogP contribution in [0.15, 0.2) is 30.3 Å². The smallest absolute Gasteiger partial charge is 0.331 e. The molecule has 0 radical (unpaired) electrons. The molecule has 0 bridgehead atoms. The molecule has 1 aliphatic rings. The van der Waals surface area contributed by atoms with Crippen LogP contribution >= 0.6 is 0 Å². The molecule has 0 aromatic heterocycles. The molecule has 1 fully saturated rings. The molecule has 2 unspecified atom stereocenters. The van der Waals surface area contributed by atoms with Crippen LogP contribution in [0.1, 0.15) is 32.6 Å². The van der Waals surface area contributed by atoms with Crippen molar-refractivity contribution in [1.82, 2.24) is 0 Å². The van der Waals surface area contributed by atoms with Gasteiger partial charge in [0.05, 0.1) is 7.11 Å². The highest BCUT2D eigenvalue weighted by atomic mass is 16.5. The lowest BCUT2D eigenvalue weighted by Crippen LogP contribution is -2.54. The number of benzene rings is 1. The van der Waals surface area contributed by atoms with E-state index >= 15 is 0 Å². The van der Waals surface area contributed by atoms with Crippen LogP contribution in [-0.4, -0.2) is 18.6 Å². The van der Waals surface area contributed by atoms with Gasteiger partial charge in [-0.15, -0.1) is 0 Å². The van der Waals surface area contributed by atoms with Gasteiger partial charge in [0.15, 0.2) is 0 Å². The van der Waals surface area contributed by atoms with Gasteiger partial charge in [0.25, 0.3) is 0 Å². The van der Waals surface area contributed by atoms with E-state index in [0.717, 1.165) is 24.9 Å². The summed E-state index contributed by atoms with van der Waals surface area (Å²) in [5, 5.41) is 3.42. The lowest BCUT2D eigenvalue weighted by atomic mass is 9.73. The molecule has 0 saturated heterocycles. The molecule has 2 atom stereocenters. The van der Waals surface area contributed by atoms with E-state index < -0.39 is 5.54 Å². The quantitative estimate of drug-likeness (QED) is 0.833. The van der Waals surface area contributed by atoms with E-state index in [9.17, 15) is 4.79 Å². The Hall–Kier alpha value is -1.51. The number of nitrogens with one attached hydrogen (secondary N) is 1. The number of ether oxygens (including phenoxy) is 1. The molecule has 0 aliphatic heterocycles. The van der Waals surface area contributed by atoms with E-state index in [2.05, 4.69) is 12.2 Å². The van der Waals surface area contributed by atoms with Crippen LogP contribution in [0.3, 0.4) is 0 Å². The maximum Gasteiger partial charge on any atom is 0.331 e.